The van der Waals surface area contributed by atoms with Gasteiger partial charge in [0.05, 0.1) is 11.3 Å². The number of aryl methyl sites for hydroxylation is 2. The lowest BCUT2D eigenvalue weighted by Crippen LogP contribution is -2.32. The highest BCUT2D eigenvalue weighted by Gasteiger charge is 2.14. The molecule has 1 atom stereocenters. The van der Waals surface area contributed by atoms with Crippen LogP contribution in [0.2, 0.25) is 0 Å². The molecule has 0 radical (unpaired) electrons. The average Bonchev–Trinajstić information content (AvgIpc) is 2.57. The molecule has 0 fully saturated rings. The fraction of sp³-hybridized carbons (Fsp3) is 0.583. The zero-order chi connectivity index (χ0) is 13.7. The molecule has 1 heterocycles. The van der Waals surface area contributed by atoms with E-state index >= 15 is 0 Å². The highest BCUT2D eigenvalue weighted by Crippen LogP contribution is 2.06. The van der Waals surface area contributed by atoms with Crippen LogP contribution < -0.4 is 5.32 Å². The number of hydrogen-bond donors (Lipinski definition) is 2. The Morgan fingerprint density at radius 1 is 1.56 bits per heavy atom. The third-order valence-electron chi connectivity index (χ3n) is 2.66. The smallest absolute Gasteiger partial charge is 0.303 e. The quantitative estimate of drug-likeness (QED) is 0.795. The van der Waals surface area contributed by atoms with Crippen LogP contribution in [0.3, 0.4) is 0 Å². The monoisotopic (exact) mass is 253 g/mol. The summed E-state index contributed by atoms with van der Waals surface area (Å²) in [6, 6.07) is -0.0449. The number of nitrogens with one attached hydrogen (secondary N) is 1. The molecular formula is C12H19N3O3. The SMILES string of the molecule is Cc1nn(C)cc1C(=O)NC(C)CCCC(=O)O. The zero-order valence-corrected chi connectivity index (χ0v) is 10.9. The van der Waals surface area contributed by atoms with E-state index in [0.29, 0.717) is 24.1 Å². The lowest BCUT2D eigenvalue weighted by molar-refractivity contribution is -0.137. The van der Waals surface area contributed by atoms with Crippen LogP contribution in [0.1, 0.15) is 42.2 Å². The standard InChI is InChI=1S/C12H19N3O3/c1-8(5-4-6-11(16)17)13-12(18)10-7-15(3)14-9(10)2/h7-8H,4-6H2,1-3H3,(H,13,18)(H,16,17). The number of carbonyl (C=O) groups excluding carboxylic acids is 1. The summed E-state index contributed by atoms with van der Waals surface area (Å²) in [5.41, 5.74) is 1.25. The molecule has 0 aromatic carbocycles. The molecule has 0 saturated heterocycles. The predicted molar refractivity (Wildman–Crippen MR) is 66.4 cm³/mol. The van der Waals surface area contributed by atoms with Crippen molar-refractivity contribution in [2.45, 2.75) is 39.2 Å². The van der Waals surface area contributed by atoms with Gasteiger partial charge in [0.2, 0.25) is 0 Å². The molecule has 0 spiro atoms. The van der Waals surface area contributed by atoms with Gasteiger partial charge in [-0.15, -0.1) is 0 Å². The van der Waals surface area contributed by atoms with Gasteiger partial charge >= 0.3 is 5.97 Å². The van der Waals surface area contributed by atoms with Crippen molar-refractivity contribution in [1.82, 2.24) is 15.1 Å². The van der Waals surface area contributed by atoms with Gasteiger partial charge in [0.25, 0.3) is 5.91 Å². The van der Waals surface area contributed by atoms with Crippen LogP contribution in [0.15, 0.2) is 6.20 Å². The molecule has 0 saturated carbocycles. The van der Waals surface area contributed by atoms with Crippen LogP contribution in [0.4, 0.5) is 0 Å². The number of aromatic nitrogens is 2. The first-order valence-electron chi connectivity index (χ1n) is 5.93. The summed E-state index contributed by atoms with van der Waals surface area (Å²) in [4.78, 5) is 22.3. The highest BCUT2D eigenvalue weighted by atomic mass is 16.4. The van der Waals surface area contributed by atoms with E-state index in [0.717, 1.165) is 0 Å². The molecule has 100 valence electrons. The minimum atomic E-state index is -0.809. The first-order chi connectivity index (χ1) is 8.40. The molecular weight excluding hydrogens is 234 g/mol. The van der Waals surface area contributed by atoms with Crippen LogP contribution in [-0.4, -0.2) is 32.8 Å². The Labute approximate surface area is 106 Å². The van der Waals surface area contributed by atoms with E-state index in [1.807, 2.05) is 6.92 Å². The Morgan fingerprint density at radius 3 is 2.72 bits per heavy atom. The third-order valence-corrected chi connectivity index (χ3v) is 2.66. The summed E-state index contributed by atoms with van der Waals surface area (Å²) in [5.74, 6) is -0.972. The van der Waals surface area contributed by atoms with Crippen molar-refractivity contribution in [3.05, 3.63) is 17.5 Å². The van der Waals surface area contributed by atoms with E-state index in [-0.39, 0.29) is 18.4 Å². The Kier molecular flexibility index (Phi) is 4.88. The predicted octanol–water partition coefficient (Wildman–Crippen LogP) is 1.10. The second-order valence-electron chi connectivity index (χ2n) is 4.46. The molecule has 0 bridgehead atoms. The van der Waals surface area contributed by atoms with Crippen molar-refractivity contribution < 1.29 is 14.7 Å². The fourth-order valence-corrected chi connectivity index (χ4v) is 1.76. The number of aliphatic carboxylic acids is 1. The Balaban J connectivity index is 2.44. The number of rotatable bonds is 6. The van der Waals surface area contributed by atoms with Crippen molar-refractivity contribution in [3.63, 3.8) is 0 Å². The van der Waals surface area contributed by atoms with E-state index in [9.17, 15) is 9.59 Å². The molecule has 6 heteroatoms. The van der Waals surface area contributed by atoms with Gasteiger partial charge in [-0.2, -0.15) is 5.10 Å². The summed E-state index contributed by atoms with van der Waals surface area (Å²) in [7, 11) is 1.76. The summed E-state index contributed by atoms with van der Waals surface area (Å²) >= 11 is 0. The Bertz CT molecular complexity index is 440. The first kappa shape index (κ1) is 14.2. The maximum absolute atomic E-state index is 11.9. The van der Waals surface area contributed by atoms with E-state index in [2.05, 4.69) is 10.4 Å². The number of carboxylic acids is 1. The largest absolute Gasteiger partial charge is 0.481 e. The summed E-state index contributed by atoms with van der Waals surface area (Å²) < 4.78 is 1.60. The maximum atomic E-state index is 11.9. The van der Waals surface area contributed by atoms with Gasteiger partial charge in [-0.25, -0.2) is 0 Å². The van der Waals surface area contributed by atoms with E-state index in [1.165, 1.54) is 0 Å². The van der Waals surface area contributed by atoms with Gasteiger partial charge < -0.3 is 10.4 Å². The molecule has 1 rings (SSSR count). The fourth-order valence-electron chi connectivity index (χ4n) is 1.76. The highest BCUT2D eigenvalue weighted by molar-refractivity contribution is 5.95. The van der Waals surface area contributed by atoms with Crippen LogP contribution >= 0.6 is 0 Å². The van der Waals surface area contributed by atoms with Gasteiger partial charge in [0.1, 0.15) is 0 Å². The van der Waals surface area contributed by atoms with E-state index < -0.39 is 5.97 Å². The molecule has 0 aliphatic heterocycles. The van der Waals surface area contributed by atoms with Crippen molar-refractivity contribution in [3.8, 4) is 0 Å². The van der Waals surface area contributed by atoms with Crippen molar-refractivity contribution >= 4 is 11.9 Å². The van der Waals surface area contributed by atoms with Gasteiger partial charge in [-0.05, 0) is 26.7 Å². The number of carboxylic acid groups (broad SMARTS) is 1. The van der Waals surface area contributed by atoms with Crippen molar-refractivity contribution in [1.29, 1.82) is 0 Å². The lowest BCUT2D eigenvalue weighted by Gasteiger charge is -2.12. The Hall–Kier alpha value is -1.85. The van der Waals surface area contributed by atoms with Gasteiger partial charge in [0.15, 0.2) is 0 Å². The van der Waals surface area contributed by atoms with Gasteiger partial charge in [-0.1, -0.05) is 0 Å². The van der Waals surface area contributed by atoms with Crippen LogP contribution in [0.5, 0.6) is 0 Å². The normalized spacial score (nSPS) is 12.2. The average molecular weight is 253 g/mol. The Morgan fingerprint density at radius 2 is 2.22 bits per heavy atom. The van der Waals surface area contributed by atoms with Crippen LogP contribution in [0.25, 0.3) is 0 Å². The van der Waals surface area contributed by atoms with Crippen LogP contribution in [-0.2, 0) is 11.8 Å². The molecule has 18 heavy (non-hydrogen) atoms. The molecule has 0 aliphatic carbocycles. The summed E-state index contributed by atoms with van der Waals surface area (Å²) in [6.07, 6.45) is 3.01. The molecule has 0 aliphatic rings. The number of nitrogens with zero attached hydrogens (tertiary/aromatic N) is 2. The van der Waals surface area contributed by atoms with Crippen molar-refractivity contribution in [2.24, 2.45) is 7.05 Å². The number of amides is 1. The van der Waals surface area contributed by atoms with Crippen LogP contribution in [0, 0.1) is 6.92 Å². The molecule has 1 aromatic rings. The third kappa shape index (κ3) is 4.20. The zero-order valence-electron chi connectivity index (χ0n) is 10.9. The van der Waals surface area contributed by atoms with Crippen molar-refractivity contribution in [2.75, 3.05) is 0 Å². The minimum Gasteiger partial charge on any atom is -0.481 e. The molecule has 1 aromatic heterocycles. The second kappa shape index (κ2) is 6.18. The lowest BCUT2D eigenvalue weighted by atomic mass is 10.1. The number of carbonyl (C=O) groups is 2. The minimum absolute atomic E-state index is 0.0449. The molecule has 6 nitrogen and oxygen atoms in total. The van der Waals surface area contributed by atoms with E-state index in [4.69, 9.17) is 5.11 Å². The number of hydrogen-bond acceptors (Lipinski definition) is 3. The maximum Gasteiger partial charge on any atom is 0.303 e. The molecule has 1 amide bonds. The molecule has 2 N–H and O–H groups in total. The van der Waals surface area contributed by atoms with Gasteiger partial charge in [-0.3, -0.25) is 14.3 Å². The summed E-state index contributed by atoms with van der Waals surface area (Å²) in [6.45, 7) is 3.65. The first-order valence-corrected chi connectivity index (χ1v) is 5.93. The second-order valence-corrected chi connectivity index (χ2v) is 4.46. The molecule has 1 unspecified atom stereocenters. The van der Waals surface area contributed by atoms with Gasteiger partial charge in [0, 0.05) is 25.7 Å². The van der Waals surface area contributed by atoms with E-state index in [1.54, 1.807) is 24.9 Å². The topological polar surface area (TPSA) is 84.2 Å². The summed E-state index contributed by atoms with van der Waals surface area (Å²) in [5, 5.41) is 15.5.